The van der Waals surface area contributed by atoms with Crippen LogP contribution in [0.4, 0.5) is 11.5 Å². The molecule has 1 aromatic rings. The van der Waals surface area contributed by atoms with Gasteiger partial charge in [0.25, 0.3) is 0 Å². The van der Waals surface area contributed by atoms with Gasteiger partial charge < -0.3 is 4.90 Å². The quantitative estimate of drug-likeness (QED) is 0.476. The maximum atomic E-state index is 11.1. The standard InChI is InChI=1S/C13H17ClN4O2/c14-11-10(18(19)20)12(16-9-15-11)17-7-5-13(6-8-17)3-1-2-4-13/h9H,1-8H2. The lowest BCUT2D eigenvalue weighted by Gasteiger charge is -2.39. The van der Waals surface area contributed by atoms with Gasteiger partial charge in [-0.05, 0) is 31.1 Å². The van der Waals surface area contributed by atoms with E-state index in [-0.39, 0.29) is 10.8 Å². The number of nitrogens with zero attached hydrogens (tertiary/aromatic N) is 4. The number of hydrogen-bond donors (Lipinski definition) is 0. The zero-order chi connectivity index (χ0) is 14.2. The second-order valence-corrected chi connectivity index (χ2v) is 6.15. The van der Waals surface area contributed by atoms with E-state index in [0.29, 0.717) is 11.2 Å². The minimum Gasteiger partial charge on any atom is -0.351 e. The van der Waals surface area contributed by atoms with Crippen molar-refractivity contribution < 1.29 is 4.92 Å². The van der Waals surface area contributed by atoms with Gasteiger partial charge in [0.05, 0.1) is 4.92 Å². The molecule has 2 fully saturated rings. The summed E-state index contributed by atoms with van der Waals surface area (Å²) in [4.78, 5) is 20.4. The van der Waals surface area contributed by atoms with Crippen LogP contribution in [0.15, 0.2) is 6.33 Å². The van der Waals surface area contributed by atoms with E-state index < -0.39 is 4.92 Å². The van der Waals surface area contributed by atoms with Gasteiger partial charge in [-0.3, -0.25) is 10.1 Å². The van der Waals surface area contributed by atoms with Gasteiger partial charge in [0, 0.05) is 13.1 Å². The van der Waals surface area contributed by atoms with Gasteiger partial charge in [0.15, 0.2) is 0 Å². The molecule has 20 heavy (non-hydrogen) atoms. The molecule has 2 heterocycles. The van der Waals surface area contributed by atoms with Crippen molar-refractivity contribution in [3.63, 3.8) is 0 Å². The van der Waals surface area contributed by atoms with E-state index in [1.807, 2.05) is 4.90 Å². The van der Waals surface area contributed by atoms with Crippen molar-refractivity contribution >= 4 is 23.1 Å². The van der Waals surface area contributed by atoms with E-state index >= 15 is 0 Å². The van der Waals surface area contributed by atoms with Crippen molar-refractivity contribution in [3.8, 4) is 0 Å². The Balaban J connectivity index is 1.81. The molecule has 0 N–H and O–H groups in total. The molecule has 6 nitrogen and oxygen atoms in total. The zero-order valence-corrected chi connectivity index (χ0v) is 12.0. The van der Waals surface area contributed by atoms with Gasteiger partial charge in [-0.2, -0.15) is 0 Å². The highest BCUT2D eigenvalue weighted by molar-refractivity contribution is 6.31. The Kier molecular flexibility index (Phi) is 3.50. The lowest BCUT2D eigenvalue weighted by atomic mass is 9.77. The number of nitro groups is 1. The number of piperidine rings is 1. The summed E-state index contributed by atoms with van der Waals surface area (Å²) in [6.07, 6.45) is 8.71. The molecule has 0 bridgehead atoms. The Morgan fingerprint density at radius 2 is 1.85 bits per heavy atom. The van der Waals surface area contributed by atoms with Crippen LogP contribution in [0.3, 0.4) is 0 Å². The number of anilines is 1. The summed E-state index contributed by atoms with van der Waals surface area (Å²) in [5.41, 5.74) is 0.304. The third-order valence-electron chi connectivity index (χ3n) is 4.73. The fourth-order valence-corrected chi connectivity index (χ4v) is 3.75. The molecule has 7 heteroatoms. The summed E-state index contributed by atoms with van der Waals surface area (Å²) in [5, 5.41) is 11.1. The van der Waals surface area contributed by atoms with Crippen molar-refractivity contribution in [3.05, 3.63) is 21.6 Å². The Morgan fingerprint density at radius 1 is 1.20 bits per heavy atom. The maximum Gasteiger partial charge on any atom is 0.348 e. The molecule has 2 aliphatic rings. The largest absolute Gasteiger partial charge is 0.351 e. The summed E-state index contributed by atoms with van der Waals surface area (Å²) in [7, 11) is 0. The minimum atomic E-state index is -0.488. The Bertz CT molecular complexity index is 521. The third-order valence-corrected chi connectivity index (χ3v) is 5.01. The lowest BCUT2D eigenvalue weighted by molar-refractivity contribution is -0.384. The molecule has 0 amide bonds. The minimum absolute atomic E-state index is 0.0823. The second-order valence-electron chi connectivity index (χ2n) is 5.79. The number of halogens is 1. The summed E-state index contributed by atoms with van der Waals surface area (Å²) >= 11 is 5.84. The fraction of sp³-hybridized carbons (Fsp3) is 0.692. The van der Waals surface area contributed by atoms with Crippen LogP contribution < -0.4 is 4.90 Å². The molecule has 1 aliphatic heterocycles. The van der Waals surface area contributed by atoms with E-state index in [1.54, 1.807) is 0 Å². The molecule has 0 aromatic carbocycles. The highest BCUT2D eigenvalue weighted by Crippen LogP contribution is 2.47. The van der Waals surface area contributed by atoms with Crippen LogP contribution in [0, 0.1) is 15.5 Å². The maximum absolute atomic E-state index is 11.1. The predicted molar refractivity (Wildman–Crippen MR) is 76.0 cm³/mol. The monoisotopic (exact) mass is 296 g/mol. The molecule has 1 aromatic heterocycles. The molecule has 0 radical (unpaired) electrons. The van der Waals surface area contributed by atoms with Gasteiger partial charge in [-0.25, -0.2) is 9.97 Å². The van der Waals surface area contributed by atoms with Crippen molar-refractivity contribution in [1.82, 2.24) is 9.97 Å². The van der Waals surface area contributed by atoms with Crippen LogP contribution in [0.25, 0.3) is 0 Å². The second kappa shape index (κ2) is 5.16. The third kappa shape index (κ3) is 2.32. The molecule has 0 atom stereocenters. The smallest absolute Gasteiger partial charge is 0.348 e. The van der Waals surface area contributed by atoms with E-state index in [2.05, 4.69) is 9.97 Å². The van der Waals surface area contributed by atoms with E-state index in [1.165, 1.54) is 32.0 Å². The normalized spacial score (nSPS) is 21.4. The summed E-state index contributed by atoms with van der Waals surface area (Å²) < 4.78 is 0. The van der Waals surface area contributed by atoms with Crippen molar-refractivity contribution in [2.45, 2.75) is 38.5 Å². The van der Waals surface area contributed by atoms with Gasteiger partial charge in [0.1, 0.15) is 6.33 Å². The molecule has 3 rings (SSSR count). The Labute approximate surface area is 122 Å². The van der Waals surface area contributed by atoms with E-state index in [9.17, 15) is 10.1 Å². The first-order chi connectivity index (χ1) is 9.61. The van der Waals surface area contributed by atoms with Gasteiger partial charge in [-0.15, -0.1) is 0 Å². The fourth-order valence-electron chi connectivity index (χ4n) is 3.56. The van der Waals surface area contributed by atoms with Crippen LogP contribution in [0.1, 0.15) is 38.5 Å². The zero-order valence-electron chi connectivity index (χ0n) is 11.2. The molecule has 1 saturated heterocycles. The predicted octanol–water partition coefficient (Wildman–Crippen LogP) is 3.20. The number of rotatable bonds is 2. The molecule has 1 aliphatic carbocycles. The van der Waals surface area contributed by atoms with Crippen molar-refractivity contribution in [1.29, 1.82) is 0 Å². The van der Waals surface area contributed by atoms with Crippen LogP contribution in [-0.4, -0.2) is 28.0 Å². The van der Waals surface area contributed by atoms with Crippen LogP contribution >= 0.6 is 11.6 Å². The first-order valence-corrected chi connectivity index (χ1v) is 7.39. The van der Waals surface area contributed by atoms with Crippen molar-refractivity contribution in [2.75, 3.05) is 18.0 Å². The highest BCUT2D eigenvalue weighted by atomic mass is 35.5. The van der Waals surface area contributed by atoms with Crippen LogP contribution in [-0.2, 0) is 0 Å². The van der Waals surface area contributed by atoms with Gasteiger partial charge >= 0.3 is 5.69 Å². The SMILES string of the molecule is O=[N+]([O-])c1c(Cl)ncnc1N1CCC2(CCCC2)CC1. The molecule has 1 spiro atoms. The average molecular weight is 297 g/mol. The first-order valence-electron chi connectivity index (χ1n) is 7.01. The van der Waals surface area contributed by atoms with E-state index in [0.717, 1.165) is 25.9 Å². The van der Waals surface area contributed by atoms with Gasteiger partial charge in [-0.1, -0.05) is 24.4 Å². The van der Waals surface area contributed by atoms with Crippen molar-refractivity contribution in [2.24, 2.45) is 5.41 Å². The van der Waals surface area contributed by atoms with Crippen LogP contribution in [0.5, 0.6) is 0 Å². The molecular weight excluding hydrogens is 280 g/mol. The summed E-state index contributed by atoms with van der Waals surface area (Å²) in [5.74, 6) is 0.364. The Hall–Kier alpha value is -1.43. The lowest BCUT2D eigenvalue weighted by Crippen LogP contribution is -2.39. The number of hydrogen-bond acceptors (Lipinski definition) is 5. The van der Waals surface area contributed by atoms with E-state index in [4.69, 9.17) is 11.6 Å². The summed E-state index contributed by atoms with van der Waals surface area (Å²) in [6, 6.07) is 0. The number of aromatic nitrogens is 2. The van der Waals surface area contributed by atoms with Gasteiger partial charge in [0.2, 0.25) is 11.0 Å². The molecule has 1 saturated carbocycles. The molecular formula is C13H17ClN4O2. The summed E-state index contributed by atoms with van der Waals surface area (Å²) in [6.45, 7) is 1.63. The first kappa shape index (κ1) is 13.5. The molecule has 0 unspecified atom stereocenters. The average Bonchev–Trinajstić information content (AvgIpc) is 2.87. The molecule has 108 valence electrons. The topological polar surface area (TPSA) is 72.2 Å². The van der Waals surface area contributed by atoms with Crippen LogP contribution in [0.2, 0.25) is 5.15 Å². The highest BCUT2D eigenvalue weighted by Gasteiger charge is 2.38. The Morgan fingerprint density at radius 3 is 2.45 bits per heavy atom.